The molecule has 0 saturated carbocycles. The molecular formula is C28H35NO5. The first-order valence-corrected chi connectivity index (χ1v) is 11.3. The number of likely N-dealkylation sites (N-methyl/N-ethyl adjacent to an activating group) is 1. The predicted molar refractivity (Wildman–Crippen MR) is 134 cm³/mol. The Bertz CT molecular complexity index is 1040. The average molecular weight is 466 g/mol. The molecule has 2 atom stereocenters. The molecule has 2 unspecified atom stereocenters. The highest BCUT2D eigenvalue weighted by molar-refractivity contribution is 5.55. The van der Waals surface area contributed by atoms with Crippen molar-refractivity contribution in [3.63, 3.8) is 0 Å². The number of methoxy groups -OCH3 is 3. The van der Waals surface area contributed by atoms with Gasteiger partial charge in [0.15, 0.2) is 11.5 Å². The van der Waals surface area contributed by atoms with Gasteiger partial charge in [-0.05, 0) is 36.7 Å². The first-order chi connectivity index (χ1) is 16.5. The Morgan fingerprint density at radius 1 is 0.824 bits per heavy atom. The van der Waals surface area contributed by atoms with Crippen LogP contribution in [0.15, 0.2) is 66.7 Å². The number of rotatable bonds is 12. The molecule has 0 radical (unpaired) electrons. The normalized spacial score (nSPS) is 12.9. The number of aryl methyl sites for hydroxylation is 1. The van der Waals surface area contributed by atoms with Crippen LogP contribution in [0, 0.1) is 6.92 Å². The molecule has 0 saturated heterocycles. The summed E-state index contributed by atoms with van der Waals surface area (Å²) in [4.78, 5) is 2.03. The van der Waals surface area contributed by atoms with Gasteiger partial charge in [-0.2, -0.15) is 0 Å². The number of hydrogen-bond acceptors (Lipinski definition) is 6. The van der Waals surface area contributed by atoms with Crippen LogP contribution in [0.3, 0.4) is 0 Å². The lowest BCUT2D eigenvalue weighted by atomic mass is 9.97. The van der Waals surface area contributed by atoms with E-state index in [9.17, 15) is 5.11 Å². The van der Waals surface area contributed by atoms with Crippen molar-refractivity contribution in [1.29, 1.82) is 0 Å². The molecule has 1 N–H and O–H groups in total. The number of aliphatic hydroxyl groups is 1. The smallest absolute Gasteiger partial charge is 0.203 e. The van der Waals surface area contributed by atoms with Crippen molar-refractivity contribution in [2.75, 3.05) is 41.5 Å². The number of nitrogens with zero attached hydrogens (tertiary/aromatic N) is 1. The maximum absolute atomic E-state index is 10.8. The Labute approximate surface area is 202 Å². The molecule has 0 aliphatic heterocycles. The van der Waals surface area contributed by atoms with Crippen molar-refractivity contribution in [2.24, 2.45) is 0 Å². The highest BCUT2D eigenvalue weighted by atomic mass is 16.5. The van der Waals surface area contributed by atoms with Crippen molar-refractivity contribution in [3.8, 4) is 17.2 Å². The third-order valence-corrected chi connectivity index (χ3v) is 5.78. The second-order valence-electron chi connectivity index (χ2n) is 8.32. The Hall–Kier alpha value is -3.06. The van der Waals surface area contributed by atoms with Crippen molar-refractivity contribution < 1.29 is 24.1 Å². The van der Waals surface area contributed by atoms with E-state index in [0.29, 0.717) is 30.3 Å². The number of ether oxygens (including phenoxy) is 4. The van der Waals surface area contributed by atoms with Crippen LogP contribution in [0.4, 0.5) is 0 Å². The summed E-state index contributed by atoms with van der Waals surface area (Å²) in [6, 6.07) is 22.1. The number of aliphatic hydroxyl groups excluding tert-OH is 1. The van der Waals surface area contributed by atoms with Crippen LogP contribution < -0.4 is 14.2 Å². The first kappa shape index (κ1) is 25.6. The van der Waals surface area contributed by atoms with Gasteiger partial charge in [0.25, 0.3) is 0 Å². The fourth-order valence-corrected chi connectivity index (χ4v) is 4.14. The lowest BCUT2D eigenvalue weighted by Crippen LogP contribution is -2.32. The van der Waals surface area contributed by atoms with Crippen LogP contribution in [0.1, 0.15) is 28.4 Å². The molecule has 0 bridgehead atoms. The lowest BCUT2D eigenvalue weighted by Gasteiger charge is -2.25. The van der Waals surface area contributed by atoms with E-state index in [1.165, 1.54) is 0 Å². The maximum Gasteiger partial charge on any atom is 0.203 e. The molecule has 3 rings (SSSR count). The minimum atomic E-state index is -0.661. The lowest BCUT2D eigenvalue weighted by molar-refractivity contribution is -0.00650. The number of hydrogen-bond donors (Lipinski definition) is 1. The summed E-state index contributed by atoms with van der Waals surface area (Å²) in [6.07, 6.45) is -0.903. The third kappa shape index (κ3) is 6.29. The fraction of sp³-hybridized carbons (Fsp3) is 0.357. The van der Waals surface area contributed by atoms with E-state index in [1.54, 1.807) is 21.3 Å². The molecule has 3 aromatic carbocycles. The SMILES string of the molecule is COc1ccc(CN(C)CC(O)COC(c2ccccc2)c2ccccc2C)c(OC)c1OC. The van der Waals surface area contributed by atoms with Crippen LogP contribution >= 0.6 is 0 Å². The van der Waals surface area contributed by atoms with Gasteiger partial charge in [-0.3, -0.25) is 4.90 Å². The highest BCUT2D eigenvalue weighted by Crippen LogP contribution is 2.40. The predicted octanol–water partition coefficient (Wildman–Crippen LogP) is 4.62. The van der Waals surface area contributed by atoms with E-state index in [4.69, 9.17) is 18.9 Å². The summed E-state index contributed by atoms with van der Waals surface area (Å²) < 4.78 is 22.7. The summed E-state index contributed by atoms with van der Waals surface area (Å²) >= 11 is 0. The first-order valence-electron chi connectivity index (χ1n) is 11.3. The van der Waals surface area contributed by atoms with Crippen LogP contribution in [0.5, 0.6) is 17.2 Å². The zero-order valence-electron chi connectivity index (χ0n) is 20.7. The number of benzene rings is 3. The Kier molecular flexibility index (Phi) is 9.33. The Balaban J connectivity index is 1.67. The van der Waals surface area contributed by atoms with Gasteiger partial charge >= 0.3 is 0 Å². The van der Waals surface area contributed by atoms with Gasteiger partial charge in [-0.1, -0.05) is 60.7 Å². The van der Waals surface area contributed by atoms with Crippen molar-refractivity contribution in [2.45, 2.75) is 25.7 Å². The molecule has 0 heterocycles. The standard InChI is InChI=1S/C28H35NO5/c1-20-11-9-10-14-24(20)26(21-12-7-6-8-13-21)34-19-23(30)18-29(2)17-22-15-16-25(31-3)28(33-5)27(22)32-4/h6-16,23,26,30H,17-19H2,1-5H3. The van der Waals surface area contributed by atoms with Crippen molar-refractivity contribution in [1.82, 2.24) is 4.90 Å². The third-order valence-electron chi connectivity index (χ3n) is 5.78. The zero-order valence-corrected chi connectivity index (χ0v) is 20.7. The van der Waals surface area contributed by atoms with E-state index >= 15 is 0 Å². The van der Waals surface area contributed by atoms with Gasteiger partial charge in [0.05, 0.1) is 34.0 Å². The van der Waals surface area contributed by atoms with Crippen LogP contribution in [0.2, 0.25) is 0 Å². The van der Waals surface area contributed by atoms with Gasteiger partial charge in [0.1, 0.15) is 6.10 Å². The van der Waals surface area contributed by atoms with Gasteiger partial charge < -0.3 is 24.1 Å². The maximum atomic E-state index is 10.8. The average Bonchev–Trinajstić information content (AvgIpc) is 2.85. The van der Waals surface area contributed by atoms with Gasteiger partial charge in [0.2, 0.25) is 5.75 Å². The van der Waals surface area contributed by atoms with E-state index in [1.807, 2.05) is 54.4 Å². The summed E-state index contributed by atoms with van der Waals surface area (Å²) in [5.41, 5.74) is 4.26. The Morgan fingerprint density at radius 3 is 2.15 bits per heavy atom. The molecule has 34 heavy (non-hydrogen) atoms. The monoisotopic (exact) mass is 465 g/mol. The van der Waals surface area contributed by atoms with Crippen LogP contribution in [-0.2, 0) is 11.3 Å². The van der Waals surface area contributed by atoms with Gasteiger partial charge in [-0.15, -0.1) is 0 Å². The minimum Gasteiger partial charge on any atom is -0.493 e. The molecule has 182 valence electrons. The second-order valence-corrected chi connectivity index (χ2v) is 8.32. The molecule has 0 amide bonds. The quantitative estimate of drug-likeness (QED) is 0.421. The summed E-state index contributed by atoms with van der Waals surface area (Å²) in [5.74, 6) is 1.80. The van der Waals surface area contributed by atoms with Gasteiger partial charge in [0, 0.05) is 18.7 Å². The summed E-state index contributed by atoms with van der Waals surface area (Å²) in [5, 5.41) is 10.8. The van der Waals surface area contributed by atoms with Crippen molar-refractivity contribution in [3.05, 3.63) is 89.0 Å². The fourth-order valence-electron chi connectivity index (χ4n) is 4.14. The molecule has 0 aliphatic rings. The summed E-state index contributed by atoms with van der Waals surface area (Å²) in [7, 11) is 6.75. The molecule has 0 spiro atoms. The van der Waals surface area contributed by atoms with E-state index in [0.717, 1.165) is 22.3 Å². The van der Waals surface area contributed by atoms with E-state index in [2.05, 4.69) is 31.2 Å². The molecule has 6 nitrogen and oxygen atoms in total. The summed E-state index contributed by atoms with van der Waals surface area (Å²) in [6.45, 7) is 3.30. The molecule has 0 fully saturated rings. The van der Waals surface area contributed by atoms with E-state index in [-0.39, 0.29) is 12.7 Å². The van der Waals surface area contributed by atoms with E-state index < -0.39 is 6.10 Å². The van der Waals surface area contributed by atoms with Crippen LogP contribution in [-0.4, -0.2) is 57.6 Å². The largest absolute Gasteiger partial charge is 0.493 e. The molecule has 0 aliphatic carbocycles. The van der Waals surface area contributed by atoms with Crippen LogP contribution in [0.25, 0.3) is 0 Å². The van der Waals surface area contributed by atoms with Gasteiger partial charge in [-0.25, -0.2) is 0 Å². The molecule has 3 aromatic rings. The van der Waals surface area contributed by atoms with Crippen molar-refractivity contribution >= 4 is 0 Å². The highest BCUT2D eigenvalue weighted by Gasteiger charge is 2.21. The molecule has 6 heteroatoms. The molecule has 0 aromatic heterocycles. The minimum absolute atomic E-state index is 0.210. The Morgan fingerprint density at radius 2 is 1.50 bits per heavy atom. The molecular weight excluding hydrogens is 430 g/mol. The zero-order chi connectivity index (χ0) is 24.5. The second kappa shape index (κ2) is 12.4. The topological polar surface area (TPSA) is 60.4 Å².